The van der Waals surface area contributed by atoms with Crippen LogP contribution >= 0.6 is 11.3 Å². The van der Waals surface area contributed by atoms with Gasteiger partial charge in [0.25, 0.3) is 0 Å². The van der Waals surface area contributed by atoms with E-state index in [2.05, 4.69) is 4.72 Å². The van der Waals surface area contributed by atoms with Crippen molar-refractivity contribution in [1.29, 1.82) is 0 Å². The first-order chi connectivity index (χ1) is 9.03. The number of thiophene rings is 1. The minimum atomic E-state index is -3.57. The third-order valence-electron chi connectivity index (χ3n) is 2.75. The normalized spacial score (nSPS) is 20.6. The van der Waals surface area contributed by atoms with E-state index < -0.39 is 10.0 Å². The van der Waals surface area contributed by atoms with Crippen LogP contribution in [-0.2, 0) is 26.1 Å². The van der Waals surface area contributed by atoms with Gasteiger partial charge in [0.05, 0.1) is 37.4 Å². The minimum absolute atomic E-state index is 0.152. The number of aliphatic hydroxyl groups excluding tert-OH is 1. The first-order valence-corrected chi connectivity index (χ1v) is 8.22. The fraction of sp³-hybridized carbons (Fsp3) is 0.636. The van der Waals surface area contributed by atoms with Crippen LogP contribution in [-0.4, -0.2) is 46.0 Å². The zero-order valence-corrected chi connectivity index (χ0v) is 12.2. The SMILES string of the molecule is Cc1sc(CO)cc1S(=O)(=O)NCC1COCCO1. The summed E-state index contributed by atoms with van der Waals surface area (Å²) in [6.07, 6.45) is -0.250. The predicted molar refractivity (Wildman–Crippen MR) is 70.7 cm³/mol. The van der Waals surface area contributed by atoms with Gasteiger partial charge in [0.2, 0.25) is 10.0 Å². The van der Waals surface area contributed by atoms with E-state index in [1.165, 1.54) is 17.4 Å². The van der Waals surface area contributed by atoms with Gasteiger partial charge in [-0.25, -0.2) is 13.1 Å². The first-order valence-electron chi connectivity index (χ1n) is 5.92. The molecule has 1 unspecified atom stereocenters. The Bertz CT molecular complexity index is 519. The predicted octanol–water partition coefficient (Wildman–Crippen LogP) is 0.243. The molecule has 1 atom stereocenters. The van der Waals surface area contributed by atoms with Gasteiger partial charge in [-0.2, -0.15) is 0 Å². The number of hydrogen-bond donors (Lipinski definition) is 2. The lowest BCUT2D eigenvalue weighted by Crippen LogP contribution is -2.39. The van der Waals surface area contributed by atoms with E-state index in [0.717, 1.165) is 0 Å². The number of hydrogen-bond acceptors (Lipinski definition) is 6. The average molecular weight is 307 g/mol. The van der Waals surface area contributed by atoms with Gasteiger partial charge >= 0.3 is 0 Å². The molecule has 0 aliphatic carbocycles. The Labute approximate surface area is 116 Å². The Hall–Kier alpha value is -0.510. The van der Waals surface area contributed by atoms with E-state index in [0.29, 0.717) is 29.6 Å². The van der Waals surface area contributed by atoms with Gasteiger partial charge in [0, 0.05) is 16.3 Å². The Morgan fingerprint density at radius 3 is 2.89 bits per heavy atom. The molecular weight excluding hydrogens is 290 g/mol. The highest BCUT2D eigenvalue weighted by Crippen LogP contribution is 2.25. The molecule has 0 bridgehead atoms. The largest absolute Gasteiger partial charge is 0.391 e. The second kappa shape index (κ2) is 6.29. The van der Waals surface area contributed by atoms with Crippen molar-refractivity contribution in [2.24, 2.45) is 0 Å². The lowest BCUT2D eigenvalue weighted by Gasteiger charge is -2.23. The van der Waals surface area contributed by atoms with Gasteiger partial charge in [0.1, 0.15) is 0 Å². The summed E-state index contributed by atoms with van der Waals surface area (Å²) in [6.45, 7) is 3.18. The van der Waals surface area contributed by atoms with Crippen LogP contribution in [0.4, 0.5) is 0 Å². The van der Waals surface area contributed by atoms with Crippen molar-refractivity contribution in [3.05, 3.63) is 15.8 Å². The molecule has 2 heterocycles. The molecule has 8 heteroatoms. The molecule has 1 aliphatic rings. The highest BCUT2D eigenvalue weighted by atomic mass is 32.2. The maximum Gasteiger partial charge on any atom is 0.241 e. The number of nitrogens with one attached hydrogen (secondary N) is 1. The Morgan fingerprint density at radius 1 is 1.53 bits per heavy atom. The van der Waals surface area contributed by atoms with E-state index in [1.807, 2.05) is 0 Å². The van der Waals surface area contributed by atoms with E-state index in [9.17, 15) is 8.42 Å². The summed E-state index contributed by atoms with van der Waals surface area (Å²) in [5, 5.41) is 9.03. The van der Waals surface area contributed by atoms with Crippen LogP contribution in [0.15, 0.2) is 11.0 Å². The Kier molecular flexibility index (Phi) is 4.93. The van der Waals surface area contributed by atoms with Crippen molar-refractivity contribution in [3.63, 3.8) is 0 Å². The van der Waals surface area contributed by atoms with Gasteiger partial charge in [-0.3, -0.25) is 0 Å². The summed E-state index contributed by atoms with van der Waals surface area (Å²) in [5.41, 5.74) is 0. The van der Waals surface area contributed by atoms with Crippen molar-refractivity contribution in [2.45, 2.75) is 24.5 Å². The molecule has 0 spiro atoms. The van der Waals surface area contributed by atoms with E-state index >= 15 is 0 Å². The van der Waals surface area contributed by atoms with Gasteiger partial charge in [0.15, 0.2) is 0 Å². The second-order valence-electron chi connectivity index (χ2n) is 4.21. The molecule has 1 aromatic heterocycles. The van der Waals surface area contributed by atoms with E-state index in [-0.39, 0.29) is 24.2 Å². The molecule has 1 aromatic rings. The zero-order valence-electron chi connectivity index (χ0n) is 10.6. The topological polar surface area (TPSA) is 84.9 Å². The summed E-state index contributed by atoms with van der Waals surface area (Å²) < 4.78 is 37.4. The van der Waals surface area contributed by atoms with Crippen LogP contribution < -0.4 is 4.72 Å². The van der Waals surface area contributed by atoms with Crippen molar-refractivity contribution in [1.82, 2.24) is 4.72 Å². The minimum Gasteiger partial charge on any atom is -0.391 e. The summed E-state index contributed by atoms with van der Waals surface area (Å²) in [5.74, 6) is 0. The number of rotatable bonds is 5. The summed E-state index contributed by atoms with van der Waals surface area (Å²) in [4.78, 5) is 1.52. The molecule has 0 radical (unpaired) electrons. The molecular formula is C11H17NO5S2. The summed E-state index contributed by atoms with van der Waals surface area (Å²) in [6, 6.07) is 1.50. The number of ether oxygens (including phenoxy) is 2. The number of aliphatic hydroxyl groups is 1. The molecule has 6 nitrogen and oxygen atoms in total. The smallest absolute Gasteiger partial charge is 0.241 e. The van der Waals surface area contributed by atoms with Crippen LogP contribution in [0.25, 0.3) is 0 Å². The second-order valence-corrected chi connectivity index (χ2v) is 7.29. The average Bonchev–Trinajstić information content (AvgIpc) is 2.80. The van der Waals surface area contributed by atoms with Gasteiger partial charge in [-0.15, -0.1) is 11.3 Å². The fourth-order valence-corrected chi connectivity index (χ4v) is 4.36. The van der Waals surface area contributed by atoms with Crippen molar-refractivity contribution in [2.75, 3.05) is 26.4 Å². The maximum absolute atomic E-state index is 12.1. The molecule has 0 amide bonds. The fourth-order valence-electron chi connectivity index (χ4n) is 1.80. The van der Waals surface area contributed by atoms with Crippen LogP contribution in [0.2, 0.25) is 0 Å². The molecule has 2 rings (SSSR count). The molecule has 108 valence electrons. The molecule has 19 heavy (non-hydrogen) atoms. The van der Waals surface area contributed by atoms with Crippen LogP contribution in [0.5, 0.6) is 0 Å². The molecule has 0 aromatic carbocycles. The quantitative estimate of drug-likeness (QED) is 0.814. The third kappa shape index (κ3) is 3.74. The summed E-state index contributed by atoms with van der Waals surface area (Å²) in [7, 11) is -3.57. The molecule has 1 fully saturated rings. The highest BCUT2D eigenvalue weighted by Gasteiger charge is 2.22. The van der Waals surface area contributed by atoms with Gasteiger partial charge < -0.3 is 14.6 Å². The highest BCUT2D eigenvalue weighted by molar-refractivity contribution is 7.89. The van der Waals surface area contributed by atoms with Crippen molar-refractivity contribution >= 4 is 21.4 Å². The van der Waals surface area contributed by atoms with Crippen LogP contribution in [0.1, 0.15) is 9.75 Å². The van der Waals surface area contributed by atoms with Gasteiger partial charge in [-0.1, -0.05) is 0 Å². The van der Waals surface area contributed by atoms with Crippen molar-refractivity contribution in [3.8, 4) is 0 Å². The Balaban J connectivity index is 2.02. The Morgan fingerprint density at radius 2 is 2.32 bits per heavy atom. The van der Waals surface area contributed by atoms with Crippen LogP contribution in [0.3, 0.4) is 0 Å². The third-order valence-corrected chi connectivity index (χ3v) is 5.47. The van der Waals surface area contributed by atoms with Crippen molar-refractivity contribution < 1.29 is 23.0 Å². The maximum atomic E-state index is 12.1. The standard InChI is InChI=1S/C11H17NO5S2/c1-8-11(4-10(6-13)18-8)19(14,15)12-5-9-7-16-2-3-17-9/h4,9,12-13H,2-3,5-7H2,1H3. The lowest BCUT2D eigenvalue weighted by molar-refractivity contribution is -0.0846. The molecule has 1 aliphatic heterocycles. The molecule has 1 saturated heterocycles. The van der Waals surface area contributed by atoms with E-state index in [1.54, 1.807) is 6.92 Å². The zero-order chi connectivity index (χ0) is 13.9. The van der Waals surface area contributed by atoms with Crippen LogP contribution in [0, 0.1) is 6.92 Å². The summed E-state index contributed by atoms with van der Waals surface area (Å²) >= 11 is 1.28. The first kappa shape index (κ1) is 14.9. The molecule has 0 saturated carbocycles. The lowest BCUT2D eigenvalue weighted by atomic mass is 10.3. The number of aryl methyl sites for hydroxylation is 1. The molecule has 2 N–H and O–H groups in total. The number of sulfonamides is 1. The van der Waals surface area contributed by atoms with Gasteiger partial charge in [-0.05, 0) is 13.0 Å². The van der Waals surface area contributed by atoms with E-state index in [4.69, 9.17) is 14.6 Å². The monoisotopic (exact) mass is 307 g/mol.